The van der Waals surface area contributed by atoms with E-state index in [-0.39, 0.29) is 17.9 Å². The number of nitrogens with two attached hydrogens (primary N) is 1. The first-order valence-electron chi connectivity index (χ1n) is 10.9. The third-order valence-electron chi connectivity index (χ3n) is 6.03. The highest BCUT2D eigenvalue weighted by Crippen LogP contribution is 2.30. The predicted octanol–water partition coefficient (Wildman–Crippen LogP) is 8.04. The zero-order valence-electron chi connectivity index (χ0n) is 17.4. The smallest absolute Gasteiger partial charge is 0.0177 e. The van der Waals surface area contributed by atoms with Gasteiger partial charge < -0.3 is 5.73 Å². The van der Waals surface area contributed by atoms with E-state index in [1.54, 1.807) is 0 Å². The Balaban J connectivity index is 0. The van der Waals surface area contributed by atoms with Crippen molar-refractivity contribution in [2.24, 2.45) is 11.7 Å². The minimum atomic E-state index is 0. The van der Waals surface area contributed by atoms with Crippen LogP contribution in [0, 0.1) is 5.92 Å². The third kappa shape index (κ3) is 12.6. The maximum Gasteiger partial charge on any atom is 0.0177 e. The van der Waals surface area contributed by atoms with Crippen molar-refractivity contribution in [2.45, 2.75) is 136 Å². The molecule has 1 unspecified atom stereocenters. The fourth-order valence-electron chi connectivity index (χ4n) is 3.96. The first-order valence-corrected chi connectivity index (χ1v) is 10.9. The summed E-state index contributed by atoms with van der Waals surface area (Å²) in [5.74, 6) is 0.723. The van der Waals surface area contributed by atoms with Crippen LogP contribution in [0.25, 0.3) is 0 Å². The first-order chi connectivity index (χ1) is 11.1. The van der Waals surface area contributed by atoms with E-state index in [0.717, 1.165) is 18.8 Å². The quantitative estimate of drug-likeness (QED) is 0.260. The molecule has 0 heterocycles. The number of hydrogen-bond acceptors (Lipinski definition) is 1. The summed E-state index contributed by atoms with van der Waals surface area (Å²) in [4.78, 5) is 0. The lowest BCUT2D eigenvalue weighted by molar-refractivity contribution is 0.225. The molecule has 0 saturated carbocycles. The van der Waals surface area contributed by atoms with Crippen LogP contribution in [0.15, 0.2) is 0 Å². The van der Waals surface area contributed by atoms with Gasteiger partial charge in [0.1, 0.15) is 0 Å². The van der Waals surface area contributed by atoms with Gasteiger partial charge in [-0.1, -0.05) is 111 Å². The van der Waals surface area contributed by atoms with Crippen molar-refractivity contribution < 1.29 is 0 Å². The molecule has 148 valence electrons. The molecule has 0 rings (SSSR count). The van der Waals surface area contributed by atoms with Crippen LogP contribution in [0.4, 0.5) is 0 Å². The Hall–Kier alpha value is 0.250. The van der Waals surface area contributed by atoms with Crippen LogP contribution in [0.3, 0.4) is 0 Å². The summed E-state index contributed by atoms with van der Waals surface area (Å²) in [6.07, 6.45) is 22.1. The summed E-state index contributed by atoms with van der Waals surface area (Å²) in [6.45, 7) is 9.13. The van der Waals surface area contributed by atoms with Crippen molar-refractivity contribution in [1.29, 1.82) is 0 Å². The van der Waals surface area contributed by atoms with E-state index in [4.69, 9.17) is 5.73 Å². The molecule has 0 saturated heterocycles. The molecule has 0 aliphatic heterocycles. The molecule has 1 nitrogen and oxygen atoms in total. The van der Waals surface area contributed by atoms with Gasteiger partial charge >= 0.3 is 0 Å². The van der Waals surface area contributed by atoms with Crippen LogP contribution >= 0.6 is 12.4 Å². The predicted molar refractivity (Wildman–Crippen MR) is 114 cm³/mol. The van der Waals surface area contributed by atoms with E-state index < -0.39 is 0 Å². The summed E-state index contributed by atoms with van der Waals surface area (Å²) in [5.41, 5.74) is 6.68. The molecule has 2 N–H and O–H groups in total. The molecule has 24 heavy (non-hydrogen) atoms. The fraction of sp³-hybridized carbons (Fsp3) is 1.00. The minimum Gasteiger partial charge on any atom is -0.325 e. The molecule has 1 atom stereocenters. The van der Waals surface area contributed by atoms with Gasteiger partial charge in [-0.05, 0) is 25.2 Å². The van der Waals surface area contributed by atoms with E-state index in [9.17, 15) is 0 Å². The first kappa shape index (κ1) is 26.5. The standard InChI is InChI=1S/C22H47N.ClH/c1-5-9-10-11-12-13-14-15-16-17-18-19-20-21(6-2)22(23,7-3)8-4;/h21H,5-20,23H2,1-4H3;1H. The summed E-state index contributed by atoms with van der Waals surface area (Å²) >= 11 is 0. The molecule has 0 aromatic heterocycles. The fourth-order valence-corrected chi connectivity index (χ4v) is 3.96. The largest absolute Gasteiger partial charge is 0.325 e. The monoisotopic (exact) mass is 361 g/mol. The van der Waals surface area contributed by atoms with Gasteiger partial charge in [-0.15, -0.1) is 12.4 Å². The van der Waals surface area contributed by atoms with Crippen molar-refractivity contribution in [3.8, 4) is 0 Å². The normalized spacial score (nSPS) is 12.9. The molecule has 0 bridgehead atoms. The van der Waals surface area contributed by atoms with Crippen molar-refractivity contribution >= 4 is 12.4 Å². The van der Waals surface area contributed by atoms with Gasteiger partial charge in [0.2, 0.25) is 0 Å². The number of rotatable bonds is 17. The lowest BCUT2D eigenvalue weighted by Gasteiger charge is -2.36. The average molecular weight is 362 g/mol. The van der Waals surface area contributed by atoms with E-state index >= 15 is 0 Å². The van der Waals surface area contributed by atoms with Crippen LogP contribution in [0.2, 0.25) is 0 Å². The average Bonchev–Trinajstić information content (AvgIpc) is 2.58. The second-order valence-corrected chi connectivity index (χ2v) is 7.72. The van der Waals surface area contributed by atoms with Crippen LogP contribution in [0.5, 0.6) is 0 Å². The summed E-state index contributed by atoms with van der Waals surface area (Å²) in [6, 6.07) is 0. The summed E-state index contributed by atoms with van der Waals surface area (Å²) in [7, 11) is 0. The van der Waals surface area contributed by atoms with Crippen LogP contribution in [-0.4, -0.2) is 5.54 Å². The lowest BCUT2D eigenvalue weighted by atomic mass is 9.76. The molecule has 0 aromatic carbocycles. The van der Waals surface area contributed by atoms with Gasteiger partial charge in [-0.3, -0.25) is 0 Å². The Morgan fingerprint density at radius 1 is 0.625 bits per heavy atom. The highest BCUT2D eigenvalue weighted by molar-refractivity contribution is 5.85. The van der Waals surface area contributed by atoms with Gasteiger partial charge in [0.25, 0.3) is 0 Å². The van der Waals surface area contributed by atoms with Crippen molar-refractivity contribution in [3.05, 3.63) is 0 Å². The Kier molecular flexibility index (Phi) is 19.9. The van der Waals surface area contributed by atoms with E-state index in [2.05, 4.69) is 27.7 Å². The van der Waals surface area contributed by atoms with Crippen LogP contribution in [-0.2, 0) is 0 Å². The van der Waals surface area contributed by atoms with Gasteiger partial charge in [0.05, 0.1) is 0 Å². The molecule has 2 heteroatoms. The Morgan fingerprint density at radius 2 is 1.00 bits per heavy atom. The van der Waals surface area contributed by atoms with Gasteiger partial charge in [0, 0.05) is 5.54 Å². The molecular formula is C22H48ClN. The zero-order chi connectivity index (χ0) is 17.4. The molecule has 0 spiro atoms. The van der Waals surface area contributed by atoms with Crippen molar-refractivity contribution in [1.82, 2.24) is 0 Å². The molecule has 0 amide bonds. The third-order valence-corrected chi connectivity index (χ3v) is 6.03. The summed E-state index contributed by atoms with van der Waals surface area (Å²) < 4.78 is 0. The summed E-state index contributed by atoms with van der Waals surface area (Å²) in [5, 5.41) is 0. The zero-order valence-corrected chi connectivity index (χ0v) is 18.2. The second-order valence-electron chi connectivity index (χ2n) is 7.72. The molecule has 0 fully saturated rings. The molecule has 0 aromatic rings. The SMILES string of the molecule is CCCCCCCCCCCCCCC(CC)C(N)(CC)CC.Cl. The maximum absolute atomic E-state index is 6.59. The van der Waals surface area contributed by atoms with E-state index in [1.165, 1.54) is 89.9 Å². The molecule has 0 aliphatic rings. The lowest BCUT2D eigenvalue weighted by Crippen LogP contribution is -2.45. The Morgan fingerprint density at radius 3 is 1.33 bits per heavy atom. The van der Waals surface area contributed by atoms with Crippen molar-refractivity contribution in [2.75, 3.05) is 0 Å². The highest BCUT2D eigenvalue weighted by atomic mass is 35.5. The van der Waals surface area contributed by atoms with Gasteiger partial charge in [0.15, 0.2) is 0 Å². The van der Waals surface area contributed by atoms with Gasteiger partial charge in [-0.25, -0.2) is 0 Å². The number of unbranched alkanes of at least 4 members (excludes halogenated alkanes) is 11. The second kappa shape index (κ2) is 18.1. The molecule has 0 radical (unpaired) electrons. The van der Waals surface area contributed by atoms with E-state index in [0.29, 0.717) is 0 Å². The number of hydrogen-bond donors (Lipinski definition) is 1. The van der Waals surface area contributed by atoms with Crippen LogP contribution < -0.4 is 5.73 Å². The van der Waals surface area contributed by atoms with Crippen molar-refractivity contribution in [3.63, 3.8) is 0 Å². The Labute approximate surface area is 160 Å². The molecular weight excluding hydrogens is 314 g/mol. The van der Waals surface area contributed by atoms with Gasteiger partial charge in [-0.2, -0.15) is 0 Å². The Bertz CT molecular complexity index is 238. The highest BCUT2D eigenvalue weighted by Gasteiger charge is 2.29. The molecule has 0 aliphatic carbocycles. The van der Waals surface area contributed by atoms with E-state index in [1.807, 2.05) is 0 Å². The minimum absolute atomic E-state index is 0. The van der Waals surface area contributed by atoms with Crippen LogP contribution in [0.1, 0.15) is 130 Å². The number of halogens is 1. The maximum atomic E-state index is 6.59. The topological polar surface area (TPSA) is 26.0 Å².